The van der Waals surface area contributed by atoms with Gasteiger partial charge in [0.2, 0.25) is 10.0 Å². The second-order valence-electron chi connectivity index (χ2n) is 6.63. The average Bonchev–Trinajstić information content (AvgIpc) is 2.90. The van der Waals surface area contributed by atoms with Gasteiger partial charge >= 0.3 is 6.03 Å². The first-order valence-electron chi connectivity index (χ1n) is 8.64. The Bertz CT molecular complexity index is 1110. The first-order valence-corrected chi connectivity index (χ1v) is 10.1. The second kappa shape index (κ2) is 7.64. The highest BCUT2D eigenvalue weighted by Crippen LogP contribution is 2.24. The van der Waals surface area contributed by atoms with E-state index in [2.05, 4.69) is 10.6 Å². The third kappa shape index (κ3) is 3.84. The minimum atomic E-state index is -3.65. The number of rotatable bonds is 5. The van der Waals surface area contributed by atoms with Crippen molar-refractivity contribution in [2.45, 2.75) is 11.4 Å². The Balaban J connectivity index is 1.71. The van der Waals surface area contributed by atoms with Crippen LogP contribution in [0.2, 0.25) is 0 Å². The van der Waals surface area contributed by atoms with E-state index in [0.29, 0.717) is 11.3 Å². The summed E-state index contributed by atoms with van der Waals surface area (Å²) < 4.78 is 25.9. The number of fused-ring (bicyclic) bond motifs is 1. The molecular weight excluding hydrogens is 396 g/mol. The van der Waals surface area contributed by atoms with Crippen LogP contribution in [0.15, 0.2) is 47.4 Å². The van der Waals surface area contributed by atoms with Gasteiger partial charge in [0.15, 0.2) is 0 Å². The molecular formula is C19H20N4O5S. The quantitative estimate of drug-likeness (QED) is 0.717. The first-order chi connectivity index (χ1) is 13.6. The van der Waals surface area contributed by atoms with Gasteiger partial charge in [0.25, 0.3) is 11.8 Å². The van der Waals surface area contributed by atoms with E-state index in [4.69, 9.17) is 0 Å². The number of nitrogens with one attached hydrogen (secondary N) is 2. The fraction of sp³-hybridized carbons (Fsp3) is 0.211. The van der Waals surface area contributed by atoms with Gasteiger partial charge < -0.3 is 10.6 Å². The van der Waals surface area contributed by atoms with Crippen LogP contribution in [-0.4, -0.2) is 56.6 Å². The van der Waals surface area contributed by atoms with Crippen molar-refractivity contribution in [3.05, 3.63) is 59.2 Å². The van der Waals surface area contributed by atoms with E-state index in [0.717, 1.165) is 9.21 Å². The van der Waals surface area contributed by atoms with Crippen molar-refractivity contribution in [2.75, 3.05) is 26.5 Å². The molecule has 0 bridgehead atoms. The first kappa shape index (κ1) is 20.5. The van der Waals surface area contributed by atoms with E-state index in [1.54, 1.807) is 18.2 Å². The van der Waals surface area contributed by atoms with Crippen LogP contribution in [0.4, 0.5) is 10.5 Å². The molecule has 3 rings (SSSR count). The molecule has 0 aromatic heterocycles. The van der Waals surface area contributed by atoms with Crippen LogP contribution in [0.1, 0.15) is 26.3 Å². The maximum atomic E-state index is 12.4. The molecule has 4 amide bonds. The molecule has 2 aromatic carbocycles. The minimum Gasteiger partial charge on any atom is -0.334 e. The zero-order chi connectivity index (χ0) is 21.3. The molecule has 2 N–H and O–H groups in total. The SMILES string of the molecule is CN1C(=O)c2ccc(NC(=O)NCc3ccccc3S(=O)(=O)N(C)C)cc2C1=O. The van der Waals surface area contributed by atoms with Crippen LogP contribution in [0, 0.1) is 0 Å². The predicted octanol–water partition coefficient (Wildman–Crippen LogP) is 1.48. The molecule has 0 saturated carbocycles. The molecule has 0 unspecified atom stereocenters. The summed E-state index contributed by atoms with van der Waals surface area (Å²) in [7, 11) is 0.611. The fourth-order valence-electron chi connectivity index (χ4n) is 2.89. The second-order valence-corrected chi connectivity index (χ2v) is 8.75. The number of hydrogen-bond donors (Lipinski definition) is 2. The Morgan fingerprint density at radius 1 is 1.03 bits per heavy atom. The monoisotopic (exact) mass is 416 g/mol. The molecule has 1 aliphatic heterocycles. The minimum absolute atomic E-state index is 0.0137. The third-order valence-electron chi connectivity index (χ3n) is 4.52. The van der Waals surface area contributed by atoms with E-state index in [9.17, 15) is 22.8 Å². The van der Waals surface area contributed by atoms with Gasteiger partial charge in [0, 0.05) is 33.4 Å². The smallest absolute Gasteiger partial charge is 0.319 e. The van der Waals surface area contributed by atoms with Gasteiger partial charge in [-0.3, -0.25) is 14.5 Å². The highest BCUT2D eigenvalue weighted by atomic mass is 32.2. The van der Waals surface area contributed by atoms with E-state index in [-0.39, 0.29) is 28.5 Å². The van der Waals surface area contributed by atoms with Gasteiger partial charge in [-0.05, 0) is 29.8 Å². The van der Waals surface area contributed by atoms with E-state index < -0.39 is 22.0 Å². The van der Waals surface area contributed by atoms with Crippen molar-refractivity contribution in [1.29, 1.82) is 0 Å². The van der Waals surface area contributed by atoms with Crippen LogP contribution in [-0.2, 0) is 16.6 Å². The van der Waals surface area contributed by atoms with Crippen molar-refractivity contribution >= 4 is 33.6 Å². The highest BCUT2D eigenvalue weighted by molar-refractivity contribution is 7.89. The standard InChI is InChI=1S/C19H20N4O5S/c1-22(2)29(27,28)16-7-5-4-6-12(16)11-20-19(26)21-13-8-9-14-15(10-13)18(25)23(3)17(14)24/h4-10H,11H2,1-3H3,(H2,20,21,26). The molecule has 9 nitrogen and oxygen atoms in total. The lowest BCUT2D eigenvalue weighted by Crippen LogP contribution is -2.30. The average molecular weight is 416 g/mol. The van der Waals surface area contributed by atoms with Gasteiger partial charge in [-0.2, -0.15) is 0 Å². The lowest BCUT2D eigenvalue weighted by atomic mass is 10.1. The number of sulfonamides is 1. The Morgan fingerprint density at radius 2 is 1.69 bits per heavy atom. The zero-order valence-corrected chi connectivity index (χ0v) is 16.9. The summed E-state index contributed by atoms with van der Waals surface area (Å²) in [4.78, 5) is 37.3. The molecule has 152 valence electrons. The Hall–Kier alpha value is -3.24. The van der Waals surface area contributed by atoms with Gasteiger partial charge in [0.1, 0.15) is 0 Å². The molecule has 0 aliphatic carbocycles. The van der Waals surface area contributed by atoms with Crippen molar-refractivity contribution in [2.24, 2.45) is 0 Å². The summed E-state index contributed by atoms with van der Waals surface area (Å²) in [5.41, 5.74) is 1.28. The van der Waals surface area contributed by atoms with E-state index in [1.807, 2.05) is 0 Å². The molecule has 10 heteroatoms. The Labute approximate surface area is 168 Å². The molecule has 0 spiro atoms. The Kier molecular flexibility index (Phi) is 5.40. The van der Waals surface area contributed by atoms with Crippen LogP contribution in [0.3, 0.4) is 0 Å². The highest BCUT2D eigenvalue weighted by Gasteiger charge is 2.32. The molecule has 0 fully saturated rings. The molecule has 1 heterocycles. The summed E-state index contributed by atoms with van der Waals surface area (Å²) in [6.45, 7) is -0.0137. The number of amides is 4. The van der Waals surface area contributed by atoms with Gasteiger partial charge in [-0.1, -0.05) is 18.2 Å². The number of nitrogens with zero attached hydrogens (tertiary/aromatic N) is 2. The number of carbonyl (C=O) groups is 3. The van der Waals surface area contributed by atoms with Crippen LogP contribution >= 0.6 is 0 Å². The van der Waals surface area contributed by atoms with Gasteiger partial charge in [-0.15, -0.1) is 0 Å². The molecule has 0 saturated heterocycles. The van der Waals surface area contributed by atoms with Gasteiger partial charge in [-0.25, -0.2) is 17.5 Å². The van der Waals surface area contributed by atoms with E-state index >= 15 is 0 Å². The summed E-state index contributed by atoms with van der Waals surface area (Å²) in [6.07, 6.45) is 0. The maximum Gasteiger partial charge on any atom is 0.319 e. The molecule has 1 aliphatic rings. The number of hydrogen-bond acceptors (Lipinski definition) is 5. The molecule has 0 atom stereocenters. The predicted molar refractivity (Wildman–Crippen MR) is 106 cm³/mol. The topological polar surface area (TPSA) is 116 Å². The van der Waals surface area contributed by atoms with Crippen molar-refractivity contribution < 1.29 is 22.8 Å². The van der Waals surface area contributed by atoms with Crippen molar-refractivity contribution in [3.8, 4) is 0 Å². The number of anilines is 1. The summed E-state index contributed by atoms with van der Waals surface area (Å²) in [5.74, 6) is -0.823. The number of carbonyl (C=O) groups excluding carboxylic acids is 3. The largest absolute Gasteiger partial charge is 0.334 e. The maximum absolute atomic E-state index is 12.4. The number of benzene rings is 2. The fourth-order valence-corrected chi connectivity index (χ4v) is 4.00. The summed E-state index contributed by atoms with van der Waals surface area (Å²) >= 11 is 0. The van der Waals surface area contributed by atoms with Crippen LogP contribution in [0.25, 0.3) is 0 Å². The normalized spacial score (nSPS) is 13.6. The molecule has 0 radical (unpaired) electrons. The van der Waals surface area contributed by atoms with Crippen molar-refractivity contribution in [1.82, 2.24) is 14.5 Å². The lowest BCUT2D eigenvalue weighted by Gasteiger charge is -2.15. The molecule has 29 heavy (non-hydrogen) atoms. The third-order valence-corrected chi connectivity index (χ3v) is 6.43. The Morgan fingerprint density at radius 3 is 2.38 bits per heavy atom. The lowest BCUT2D eigenvalue weighted by molar-refractivity contribution is 0.0693. The number of urea groups is 1. The summed E-state index contributed by atoms with van der Waals surface area (Å²) in [5, 5.41) is 5.18. The van der Waals surface area contributed by atoms with Gasteiger partial charge in [0.05, 0.1) is 16.0 Å². The van der Waals surface area contributed by atoms with Crippen LogP contribution < -0.4 is 10.6 Å². The zero-order valence-electron chi connectivity index (χ0n) is 16.1. The summed E-state index contributed by atoms with van der Waals surface area (Å²) in [6, 6.07) is 10.2. The molecule has 2 aromatic rings. The van der Waals surface area contributed by atoms with Crippen molar-refractivity contribution in [3.63, 3.8) is 0 Å². The van der Waals surface area contributed by atoms with Crippen LogP contribution in [0.5, 0.6) is 0 Å². The van der Waals surface area contributed by atoms with E-state index in [1.165, 1.54) is 45.4 Å². The number of imide groups is 1.